The van der Waals surface area contributed by atoms with E-state index in [1.54, 1.807) is 11.8 Å². The maximum Gasteiger partial charge on any atom is 0.417 e. The van der Waals surface area contributed by atoms with Crippen LogP contribution in [0.25, 0.3) is 22.3 Å². The summed E-state index contributed by atoms with van der Waals surface area (Å²) in [6, 6.07) is 1.02. The highest BCUT2D eigenvalue weighted by molar-refractivity contribution is 5.95. The molecule has 1 amide bonds. The Hall–Kier alpha value is -3.41. The number of aromatic amines is 1. The molecule has 1 aliphatic rings. The maximum absolute atomic E-state index is 13.2. The Morgan fingerprint density at radius 3 is 2.74 bits per heavy atom. The number of pyridine rings is 1. The van der Waals surface area contributed by atoms with Gasteiger partial charge in [0.05, 0.1) is 17.4 Å². The number of likely N-dealkylation sites (tertiary alicyclic amines) is 1. The molecule has 3 aromatic heterocycles. The number of nitrogen functional groups attached to an aromatic ring is 1. The number of nitrogens with zero attached hydrogens (tertiary/aromatic N) is 4. The summed E-state index contributed by atoms with van der Waals surface area (Å²) in [5.74, 6) is 0.347. The van der Waals surface area contributed by atoms with Gasteiger partial charge in [0.1, 0.15) is 17.4 Å². The van der Waals surface area contributed by atoms with Gasteiger partial charge in [-0.2, -0.15) is 13.2 Å². The highest BCUT2D eigenvalue weighted by Gasteiger charge is 2.32. The maximum atomic E-state index is 13.2. The minimum absolute atomic E-state index is 0.227. The third-order valence-electron chi connectivity index (χ3n) is 6.08. The summed E-state index contributed by atoms with van der Waals surface area (Å²) >= 11 is 0. The minimum atomic E-state index is -4.52. The molecule has 4 heterocycles. The third-order valence-corrected chi connectivity index (χ3v) is 6.08. The van der Waals surface area contributed by atoms with Gasteiger partial charge in [-0.15, -0.1) is 0 Å². The Balaban J connectivity index is 1.46. The number of H-pyrrole nitrogens is 1. The van der Waals surface area contributed by atoms with Gasteiger partial charge in [-0.25, -0.2) is 15.0 Å². The van der Waals surface area contributed by atoms with E-state index < -0.39 is 17.8 Å². The lowest BCUT2D eigenvalue weighted by Crippen LogP contribution is -2.44. The standard InChI is InChI=1S/C22H26F3N7O2/c1-2-17(33)20(34)32-5-3-12(4-6-32)8-29-21-30-11-16(26)18(31-21)15-10-28-19-14(15)7-13(9-27-19)22(23,24)25/h7,9-12,17,33H,2-6,8,26H2,1H3,(H,27,28)(H,29,30,31)/t17-/m0/s1. The average Bonchev–Trinajstić information content (AvgIpc) is 3.25. The zero-order valence-corrected chi connectivity index (χ0v) is 18.6. The van der Waals surface area contributed by atoms with Crippen molar-refractivity contribution < 1.29 is 23.1 Å². The smallest absolute Gasteiger partial charge is 0.396 e. The largest absolute Gasteiger partial charge is 0.417 e. The molecule has 3 aromatic rings. The molecule has 182 valence electrons. The Morgan fingerprint density at radius 2 is 2.06 bits per heavy atom. The van der Waals surface area contributed by atoms with Crippen molar-refractivity contribution in [3.8, 4) is 11.3 Å². The number of aliphatic hydroxyl groups excluding tert-OH is 1. The zero-order chi connectivity index (χ0) is 24.5. The van der Waals surface area contributed by atoms with Crippen molar-refractivity contribution in [1.82, 2.24) is 24.8 Å². The van der Waals surface area contributed by atoms with Crippen LogP contribution < -0.4 is 11.1 Å². The average molecular weight is 477 g/mol. The second kappa shape index (κ2) is 9.45. The van der Waals surface area contributed by atoms with Crippen LogP contribution in [0.1, 0.15) is 31.7 Å². The van der Waals surface area contributed by atoms with E-state index in [2.05, 4.69) is 25.3 Å². The van der Waals surface area contributed by atoms with Crippen molar-refractivity contribution in [2.45, 2.75) is 38.5 Å². The molecular formula is C22H26F3N7O2. The third kappa shape index (κ3) is 4.91. The minimum Gasteiger partial charge on any atom is -0.396 e. The van der Waals surface area contributed by atoms with Crippen molar-refractivity contribution in [3.05, 3.63) is 30.2 Å². The van der Waals surface area contributed by atoms with Crippen molar-refractivity contribution in [2.75, 3.05) is 30.7 Å². The van der Waals surface area contributed by atoms with Crippen LogP contribution in [0.15, 0.2) is 24.7 Å². The zero-order valence-electron chi connectivity index (χ0n) is 18.6. The van der Waals surface area contributed by atoms with Gasteiger partial charge in [0.2, 0.25) is 5.95 Å². The van der Waals surface area contributed by atoms with Gasteiger partial charge in [0.25, 0.3) is 5.91 Å². The summed E-state index contributed by atoms with van der Waals surface area (Å²) in [4.78, 5) is 29.2. The van der Waals surface area contributed by atoms with E-state index in [1.165, 1.54) is 12.4 Å². The Kier molecular flexibility index (Phi) is 6.60. The Bertz CT molecular complexity index is 1170. The topological polar surface area (TPSA) is 133 Å². The molecule has 5 N–H and O–H groups in total. The molecule has 0 radical (unpaired) electrons. The molecule has 1 atom stereocenters. The number of rotatable bonds is 6. The molecule has 0 saturated carbocycles. The van der Waals surface area contributed by atoms with Crippen molar-refractivity contribution >= 4 is 28.6 Å². The van der Waals surface area contributed by atoms with Gasteiger partial charge in [0.15, 0.2) is 0 Å². The fourth-order valence-corrected chi connectivity index (χ4v) is 4.02. The Morgan fingerprint density at radius 1 is 1.32 bits per heavy atom. The first-order chi connectivity index (χ1) is 16.2. The number of hydrogen-bond acceptors (Lipinski definition) is 7. The second-order valence-corrected chi connectivity index (χ2v) is 8.39. The molecule has 1 saturated heterocycles. The normalized spacial score (nSPS) is 16.1. The van der Waals surface area contributed by atoms with E-state index in [4.69, 9.17) is 5.73 Å². The number of amides is 1. The van der Waals surface area contributed by atoms with E-state index in [0.29, 0.717) is 48.9 Å². The summed E-state index contributed by atoms with van der Waals surface area (Å²) in [6.45, 7) is 3.47. The van der Waals surface area contributed by atoms with E-state index >= 15 is 0 Å². The molecule has 34 heavy (non-hydrogen) atoms. The number of halogens is 3. The number of nitrogens with one attached hydrogen (secondary N) is 2. The molecule has 1 aliphatic heterocycles. The number of aliphatic hydroxyl groups is 1. The molecule has 12 heteroatoms. The van der Waals surface area contributed by atoms with Crippen LogP contribution in [0.3, 0.4) is 0 Å². The van der Waals surface area contributed by atoms with Crippen LogP contribution in [0.5, 0.6) is 0 Å². The first kappa shape index (κ1) is 23.7. The highest BCUT2D eigenvalue weighted by Crippen LogP contribution is 2.35. The number of alkyl halides is 3. The van der Waals surface area contributed by atoms with Crippen LogP contribution in [0, 0.1) is 5.92 Å². The van der Waals surface area contributed by atoms with Crippen LogP contribution in [-0.2, 0) is 11.0 Å². The molecule has 0 aliphatic carbocycles. The molecule has 9 nitrogen and oxygen atoms in total. The first-order valence-electron chi connectivity index (χ1n) is 11.0. The lowest BCUT2D eigenvalue weighted by Gasteiger charge is -2.33. The van der Waals surface area contributed by atoms with Gasteiger partial charge >= 0.3 is 6.18 Å². The van der Waals surface area contributed by atoms with Crippen molar-refractivity contribution in [3.63, 3.8) is 0 Å². The van der Waals surface area contributed by atoms with Gasteiger partial charge in [0, 0.05) is 43.0 Å². The molecule has 0 unspecified atom stereocenters. The van der Waals surface area contributed by atoms with Crippen LogP contribution in [0.4, 0.5) is 24.8 Å². The Labute approximate surface area is 193 Å². The van der Waals surface area contributed by atoms with Gasteiger partial charge in [-0.05, 0) is 31.2 Å². The van der Waals surface area contributed by atoms with Gasteiger partial charge < -0.3 is 26.0 Å². The first-order valence-corrected chi connectivity index (χ1v) is 11.0. The monoisotopic (exact) mass is 477 g/mol. The van der Waals surface area contributed by atoms with E-state index in [0.717, 1.165) is 25.1 Å². The molecule has 1 fully saturated rings. The molecule has 0 spiro atoms. The lowest BCUT2D eigenvalue weighted by molar-refractivity contribution is -0.141. The summed E-state index contributed by atoms with van der Waals surface area (Å²) < 4.78 is 39.5. The molecule has 0 bridgehead atoms. The predicted molar refractivity (Wildman–Crippen MR) is 121 cm³/mol. The summed E-state index contributed by atoms with van der Waals surface area (Å²) in [5.41, 5.74) is 6.42. The van der Waals surface area contributed by atoms with Crippen molar-refractivity contribution in [2.24, 2.45) is 5.92 Å². The van der Waals surface area contributed by atoms with E-state index in [9.17, 15) is 23.1 Å². The van der Waals surface area contributed by atoms with Crippen LogP contribution in [-0.4, -0.2) is 61.6 Å². The number of fused-ring (bicyclic) bond motifs is 1. The molecule has 4 rings (SSSR count). The van der Waals surface area contributed by atoms with Crippen LogP contribution in [0.2, 0.25) is 0 Å². The van der Waals surface area contributed by atoms with Gasteiger partial charge in [-0.1, -0.05) is 6.92 Å². The number of piperidine rings is 1. The van der Waals surface area contributed by atoms with E-state index in [1.807, 2.05) is 0 Å². The second-order valence-electron chi connectivity index (χ2n) is 8.39. The van der Waals surface area contributed by atoms with Crippen LogP contribution >= 0.6 is 0 Å². The highest BCUT2D eigenvalue weighted by atomic mass is 19.4. The molecule has 0 aromatic carbocycles. The number of carbonyl (C=O) groups excluding carboxylic acids is 1. The lowest BCUT2D eigenvalue weighted by atomic mass is 9.96. The fraction of sp³-hybridized carbons (Fsp3) is 0.455. The number of nitrogens with two attached hydrogens (primary N) is 1. The summed E-state index contributed by atoms with van der Waals surface area (Å²) in [5, 5.41) is 13.2. The number of carbonyl (C=O) groups is 1. The predicted octanol–water partition coefficient (Wildman–Crippen LogP) is 3.04. The number of anilines is 2. The summed E-state index contributed by atoms with van der Waals surface area (Å²) in [6.07, 6.45) is 0.172. The summed E-state index contributed by atoms with van der Waals surface area (Å²) in [7, 11) is 0. The van der Waals surface area contributed by atoms with E-state index in [-0.39, 0.29) is 22.9 Å². The quantitative estimate of drug-likeness (QED) is 0.429. The number of aromatic nitrogens is 4. The van der Waals surface area contributed by atoms with Crippen molar-refractivity contribution in [1.29, 1.82) is 0 Å². The van der Waals surface area contributed by atoms with Gasteiger partial charge in [-0.3, -0.25) is 4.79 Å². The fourth-order valence-electron chi connectivity index (χ4n) is 4.02. The SMILES string of the molecule is CC[C@H](O)C(=O)N1CCC(CNc2ncc(N)c(-c3c[nH]c4ncc(C(F)(F)F)cc34)n2)CC1. The molecular weight excluding hydrogens is 451 g/mol. The number of hydrogen-bond donors (Lipinski definition) is 4.